The Kier molecular flexibility index (Phi) is 5.55. The van der Waals surface area contributed by atoms with Gasteiger partial charge in [0.15, 0.2) is 0 Å². The number of thioether (sulfide) groups is 1. The lowest BCUT2D eigenvalue weighted by Gasteiger charge is -2.05. The molecule has 1 aromatic carbocycles. The van der Waals surface area contributed by atoms with Crippen molar-refractivity contribution in [3.63, 3.8) is 0 Å². The number of aromatic nitrogens is 2. The molecule has 0 saturated heterocycles. The van der Waals surface area contributed by atoms with Gasteiger partial charge < -0.3 is 5.32 Å². The van der Waals surface area contributed by atoms with Gasteiger partial charge in [-0.3, -0.25) is 9.78 Å². The standard InChI is InChI=1S/C15H17N3OS/c1-12-9-18-14(10-17-12)15(19)16-7-8-20-11-13-5-3-2-4-6-13/h2-6,9-10H,7-8,11H2,1H3,(H,16,19). The predicted molar refractivity (Wildman–Crippen MR) is 81.7 cm³/mol. The summed E-state index contributed by atoms with van der Waals surface area (Å²) < 4.78 is 0. The Morgan fingerprint density at radius 3 is 2.70 bits per heavy atom. The molecule has 104 valence electrons. The van der Waals surface area contributed by atoms with Crippen LogP contribution in [0.25, 0.3) is 0 Å². The molecule has 1 N–H and O–H groups in total. The van der Waals surface area contributed by atoms with Crippen LogP contribution in [-0.4, -0.2) is 28.2 Å². The molecular weight excluding hydrogens is 270 g/mol. The van der Waals surface area contributed by atoms with E-state index in [0.717, 1.165) is 17.2 Å². The molecule has 0 aliphatic carbocycles. The maximum atomic E-state index is 11.8. The molecule has 0 fully saturated rings. The molecule has 0 spiro atoms. The smallest absolute Gasteiger partial charge is 0.271 e. The molecular formula is C15H17N3OS. The van der Waals surface area contributed by atoms with Crippen LogP contribution < -0.4 is 5.32 Å². The van der Waals surface area contributed by atoms with E-state index in [-0.39, 0.29) is 5.91 Å². The lowest BCUT2D eigenvalue weighted by atomic mass is 10.2. The van der Waals surface area contributed by atoms with E-state index in [2.05, 4.69) is 27.4 Å². The topological polar surface area (TPSA) is 54.9 Å². The van der Waals surface area contributed by atoms with E-state index >= 15 is 0 Å². The minimum Gasteiger partial charge on any atom is -0.350 e. The normalized spacial score (nSPS) is 10.2. The molecule has 4 nitrogen and oxygen atoms in total. The number of rotatable bonds is 6. The fourth-order valence-electron chi connectivity index (χ4n) is 1.60. The van der Waals surface area contributed by atoms with Crippen LogP contribution in [0.1, 0.15) is 21.7 Å². The van der Waals surface area contributed by atoms with Crippen molar-refractivity contribution in [3.8, 4) is 0 Å². The fraction of sp³-hybridized carbons (Fsp3) is 0.267. The number of carbonyl (C=O) groups is 1. The molecule has 5 heteroatoms. The molecule has 1 aromatic heterocycles. The summed E-state index contributed by atoms with van der Waals surface area (Å²) in [5.74, 6) is 1.67. The Morgan fingerprint density at radius 2 is 2.00 bits per heavy atom. The van der Waals surface area contributed by atoms with Crippen LogP contribution in [0, 0.1) is 6.92 Å². The van der Waals surface area contributed by atoms with Crippen molar-refractivity contribution in [2.75, 3.05) is 12.3 Å². The Morgan fingerprint density at radius 1 is 1.20 bits per heavy atom. The van der Waals surface area contributed by atoms with Crippen molar-refractivity contribution in [1.82, 2.24) is 15.3 Å². The highest BCUT2D eigenvalue weighted by Crippen LogP contribution is 2.10. The van der Waals surface area contributed by atoms with Crippen molar-refractivity contribution in [3.05, 3.63) is 59.7 Å². The van der Waals surface area contributed by atoms with E-state index in [0.29, 0.717) is 12.2 Å². The van der Waals surface area contributed by atoms with Gasteiger partial charge in [-0.1, -0.05) is 30.3 Å². The summed E-state index contributed by atoms with van der Waals surface area (Å²) in [4.78, 5) is 19.9. The highest BCUT2D eigenvalue weighted by Gasteiger charge is 2.06. The van der Waals surface area contributed by atoms with Crippen LogP contribution in [0.5, 0.6) is 0 Å². The number of hydrogen-bond acceptors (Lipinski definition) is 4. The van der Waals surface area contributed by atoms with Gasteiger partial charge in [0.05, 0.1) is 11.9 Å². The maximum absolute atomic E-state index is 11.8. The van der Waals surface area contributed by atoms with Gasteiger partial charge in [0, 0.05) is 24.2 Å². The second-order valence-corrected chi connectivity index (χ2v) is 5.44. The van der Waals surface area contributed by atoms with Gasteiger partial charge in [-0.25, -0.2) is 4.98 Å². The number of amides is 1. The Hall–Kier alpha value is -1.88. The average Bonchev–Trinajstić information content (AvgIpc) is 2.48. The minimum atomic E-state index is -0.169. The first-order chi connectivity index (χ1) is 9.75. The van der Waals surface area contributed by atoms with Crippen LogP contribution in [0.15, 0.2) is 42.7 Å². The van der Waals surface area contributed by atoms with Gasteiger partial charge in [-0.15, -0.1) is 0 Å². The van der Waals surface area contributed by atoms with Crippen molar-refractivity contribution < 1.29 is 4.79 Å². The zero-order valence-corrected chi connectivity index (χ0v) is 12.2. The molecule has 1 amide bonds. The van der Waals surface area contributed by atoms with E-state index in [9.17, 15) is 4.79 Å². The van der Waals surface area contributed by atoms with Gasteiger partial charge >= 0.3 is 0 Å². The first-order valence-corrected chi connectivity index (χ1v) is 7.59. The highest BCUT2D eigenvalue weighted by atomic mass is 32.2. The summed E-state index contributed by atoms with van der Waals surface area (Å²) in [6, 6.07) is 10.3. The Balaban J connectivity index is 1.66. The van der Waals surface area contributed by atoms with Crippen LogP contribution in [0.2, 0.25) is 0 Å². The van der Waals surface area contributed by atoms with E-state index in [1.165, 1.54) is 11.8 Å². The van der Waals surface area contributed by atoms with Gasteiger partial charge in [-0.2, -0.15) is 11.8 Å². The Bertz CT molecular complexity index is 543. The van der Waals surface area contributed by atoms with Crippen molar-refractivity contribution in [2.45, 2.75) is 12.7 Å². The average molecular weight is 287 g/mol. The van der Waals surface area contributed by atoms with Crippen LogP contribution in [0.4, 0.5) is 0 Å². The van der Waals surface area contributed by atoms with E-state index < -0.39 is 0 Å². The number of nitrogens with zero attached hydrogens (tertiary/aromatic N) is 2. The van der Waals surface area contributed by atoms with Gasteiger partial charge in [0.2, 0.25) is 0 Å². The third-order valence-electron chi connectivity index (χ3n) is 2.66. The first kappa shape index (κ1) is 14.5. The van der Waals surface area contributed by atoms with Crippen LogP contribution >= 0.6 is 11.8 Å². The zero-order chi connectivity index (χ0) is 14.2. The molecule has 20 heavy (non-hydrogen) atoms. The molecule has 0 aliphatic heterocycles. The van der Waals surface area contributed by atoms with E-state index in [1.807, 2.05) is 25.1 Å². The molecule has 0 saturated carbocycles. The lowest BCUT2D eigenvalue weighted by Crippen LogP contribution is -2.26. The third kappa shape index (κ3) is 4.66. The molecule has 0 unspecified atom stereocenters. The number of carbonyl (C=O) groups excluding carboxylic acids is 1. The van der Waals surface area contributed by atoms with Gasteiger partial charge in [0.1, 0.15) is 5.69 Å². The largest absolute Gasteiger partial charge is 0.350 e. The first-order valence-electron chi connectivity index (χ1n) is 6.44. The maximum Gasteiger partial charge on any atom is 0.271 e. The number of benzene rings is 1. The van der Waals surface area contributed by atoms with E-state index in [1.54, 1.807) is 18.0 Å². The molecule has 0 bridgehead atoms. The number of hydrogen-bond donors (Lipinski definition) is 1. The Labute approximate surface area is 123 Å². The van der Waals surface area contributed by atoms with E-state index in [4.69, 9.17) is 0 Å². The molecule has 0 radical (unpaired) electrons. The minimum absolute atomic E-state index is 0.169. The summed E-state index contributed by atoms with van der Waals surface area (Å²) in [5, 5.41) is 2.84. The SMILES string of the molecule is Cc1cnc(C(=O)NCCSCc2ccccc2)cn1. The fourth-order valence-corrected chi connectivity index (χ4v) is 2.42. The van der Waals surface area contributed by atoms with Crippen molar-refractivity contribution >= 4 is 17.7 Å². The monoisotopic (exact) mass is 287 g/mol. The second kappa shape index (κ2) is 7.65. The summed E-state index contributed by atoms with van der Waals surface area (Å²) in [5.41, 5.74) is 2.47. The molecule has 2 aromatic rings. The quantitative estimate of drug-likeness (QED) is 0.829. The molecule has 0 atom stereocenters. The predicted octanol–water partition coefficient (Wildman–Crippen LogP) is 2.45. The summed E-state index contributed by atoms with van der Waals surface area (Å²) in [6.07, 6.45) is 3.10. The van der Waals surface area contributed by atoms with Gasteiger partial charge in [0.25, 0.3) is 5.91 Å². The number of nitrogens with one attached hydrogen (secondary N) is 1. The summed E-state index contributed by atoms with van der Waals surface area (Å²) in [6.45, 7) is 2.47. The highest BCUT2D eigenvalue weighted by molar-refractivity contribution is 7.98. The van der Waals surface area contributed by atoms with Crippen LogP contribution in [-0.2, 0) is 5.75 Å². The zero-order valence-electron chi connectivity index (χ0n) is 11.4. The summed E-state index contributed by atoms with van der Waals surface area (Å²) >= 11 is 1.80. The van der Waals surface area contributed by atoms with Crippen molar-refractivity contribution in [2.24, 2.45) is 0 Å². The molecule has 1 heterocycles. The van der Waals surface area contributed by atoms with Crippen LogP contribution in [0.3, 0.4) is 0 Å². The number of aryl methyl sites for hydroxylation is 1. The summed E-state index contributed by atoms with van der Waals surface area (Å²) in [7, 11) is 0. The second-order valence-electron chi connectivity index (χ2n) is 4.34. The van der Waals surface area contributed by atoms with Gasteiger partial charge in [-0.05, 0) is 12.5 Å². The van der Waals surface area contributed by atoms with Crippen molar-refractivity contribution in [1.29, 1.82) is 0 Å². The lowest BCUT2D eigenvalue weighted by molar-refractivity contribution is 0.0951. The third-order valence-corrected chi connectivity index (χ3v) is 3.69. The molecule has 0 aliphatic rings. The molecule has 2 rings (SSSR count).